The van der Waals surface area contributed by atoms with Gasteiger partial charge in [-0.3, -0.25) is 0 Å². The van der Waals surface area contributed by atoms with Gasteiger partial charge in [0.1, 0.15) is 11.6 Å². The lowest BCUT2D eigenvalue weighted by Crippen LogP contribution is -2.21. The zero-order chi connectivity index (χ0) is 15.4. The zero-order valence-electron chi connectivity index (χ0n) is 11.1. The number of halogens is 2. The molecule has 4 nitrogen and oxygen atoms in total. The maximum atomic E-state index is 13.7. The van der Waals surface area contributed by atoms with Crippen LogP contribution in [0.4, 0.5) is 10.1 Å². The molecule has 0 aromatic heterocycles. The van der Waals surface area contributed by atoms with Crippen molar-refractivity contribution in [2.45, 2.75) is 6.04 Å². The van der Waals surface area contributed by atoms with Gasteiger partial charge in [0.25, 0.3) is 0 Å². The minimum atomic E-state index is -1.12. The van der Waals surface area contributed by atoms with Crippen molar-refractivity contribution in [1.29, 1.82) is 0 Å². The molecule has 0 heterocycles. The maximum Gasteiger partial charge on any atom is 0.330 e. The van der Waals surface area contributed by atoms with Gasteiger partial charge in [-0.25, -0.2) is 9.18 Å². The second-order valence-electron chi connectivity index (χ2n) is 4.28. The Morgan fingerprint density at radius 2 is 2.05 bits per heavy atom. The van der Waals surface area contributed by atoms with Crippen LogP contribution in [0.5, 0.6) is 5.75 Å². The summed E-state index contributed by atoms with van der Waals surface area (Å²) < 4.78 is 19.4. The standard InChI is InChI=1S/C15H13BrFNO3/c1-21-9-6-7-11(16)10(8-9)14(15(19)20)18-13-5-3-2-4-12(13)17/h2-8,14,18H,1H3,(H,19,20). The number of para-hydroxylation sites is 1. The summed E-state index contributed by atoms with van der Waals surface area (Å²) in [5.74, 6) is -1.11. The van der Waals surface area contributed by atoms with Gasteiger partial charge < -0.3 is 15.2 Å². The van der Waals surface area contributed by atoms with Crippen molar-refractivity contribution in [3.05, 3.63) is 58.3 Å². The SMILES string of the molecule is COc1ccc(Br)c(C(Nc2ccccc2F)C(=O)O)c1. The Bertz CT molecular complexity index is 663. The lowest BCUT2D eigenvalue weighted by atomic mass is 10.1. The van der Waals surface area contributed by atoms with Crippen molar-refractivity contribution in [1.82, 2.24) is 0 Å². The van der Waals surface area contributed by atoms with Gasteiger partial charge in [-0.05, 0) is 30.3 Å². The third-order valence-corrected chi connectivity index (χ3v) is 3.66. The number of hydrogen-bond acceptors (Lipinski definition) is 3. The predicted octanol–water partition coefficient (Wildman–Crippen LogP) is 3.83. The van der Waals surface area contributed by atoms with Crippen molar-refractivity contribution in [3.8, 4) is 5.75 Å². The van der Waals surface area contributed by atoms with E-state index in [-0.39, 0.29) is 5.69 Å². The van der Waals surface area contributed by atoms with E-state index >= 15 is 0 Å². The van der Waals surface area contributed by atoms with E-state index in [0.717, 1.165) is 0 Å². The van der Waals surface area contributed by atoms with E-state index in [0.29, 0.717) is 15.8 Å². The molecule has 0 saturated carbocycles. The van der Waals surface area contributed by atoms with Crippen LogP contribution in [-0.4, -0.2) is 18.2 Å². The number of hydrogen-bond donors (Lipinski definition) is 2. The molecule has 0 bridgehead atoms. The van der Waals surface area contributed by atoms with E-state index in [9.17, 15) is 14.3 Å². The quantitative estimate of drug-likeness (QED) is 0.857. The summed E-state index contributed by atoms with van der Waals surface area (Å²) in [7, 11) is 1.49. The van der Waals surface area contributed by atoms with Gasteiger partial charge in [0.2, 0.25) is 0 Å². The molecule has 1 unspecified atom stereocenters. The number of carbonyl (C=O) groups is 1. The van der Waals surface area contributed by atoms with Crippen LogP contribution < -0.4 is 10.1 Å². The van der Waals surface area contributed by atoms with Crippen molar-refractivity contribution in [2.24, 2.45) is 0 Å². The molecule has 0 aliphatic rings. The molecule has 0 radical (unpaired) electrons. The Hall–Kier alpha value is -2.08. The van der Waals surface area contributed by atoms with Gasteiger partial charge in [-0.2, -0.15) is 0 Å². The largest absolute Gasteiger partial charge is 0.497 e. The summed E-state index contributed by atoms with van der Waals surface area (Å²) in [5, 5.41) is 12.1. The summed E-state index contributed by atoms with van der Waals surface area (Å²) >= 11 is 3.31. The second-order valence-corrected chi connectivity index (χ2v) is 5.14. The molecule has 0 aliphatic carbocycles. The maximum absolute atomic E-state index is 13.7. The molecule has 21 heavy (non-hydrogen) atoms. The summed E-state index contributed by atoms with van der Waals surface area (Å²) in [6.07, 6.45) is 0. The number of carboxylic acids is 1. The van der Waals surface area contributed by atoms with Crippen molar-refractivity contribution in [2.75, 3.05) is 12.4 Å². The first-order valence-electron chi connectivity index (χ1n) is 6.10. The lowest BCUT2D eigenvalue weighted by molar-refractivity contribution is -0.138. The fourth-order valence-electron chi connectivity index (χ4n) is 1.88. The molecule has 0 spiro atoms. The number of anilines is 1. The van der Waals surface area contributed by atoms with Crippen molar-refractivity contribution in [3.63, 3.8) is 0 Å². The molecule has 0 aliphatic heterocycles. The number of benzene rings is 2. The van der Waals surface area contributed by atoms with E-state index in [1.807, 2.05) is 0 Å². The van der Waals surface area contributed by atoms with Gasteiger partial charge in [0.05, 0.1) is 12.8 Å². The molecular weight excluding hydrogens is 341 g/mol. The molecule has 2 N–H and O–H groups in total. The minimum absolute atomic E-state index is 0.125. The number of methoxy groups -OCH3 is 1. The Morgan fingerprint density at radius 1 is 1.33 bits per heavy atom. The molecule has 1 atom stereocenters. The van der Waals surface area contributed by atoms with E-state index in [4.69, 9.17) is 4.74 Å². The average Bonchev–Trinajstić information content (AvgIpc) is 2.47. The van der Waals surface area contributed by atoms with Crippen LogP contribution in [0.15, 0.2) is 46.9 Å². The molecule has 2 aromatic rings. The lowest BCUT2D eigenvalue weighted by Gasteiger charge is -2.18. The van der Waals surface area contributed by atoms with E-state index in [2.05, 4.69) is 21.2 Å². The van der Waals surface area contributed by atoms with Crippen LogP contribution in [-0.2, 0) is 4.79 Å². The number of carboxylic acid groups (broad SMARTS) is 1. The van der Waals surface area contributed by atoms with Crippen LogP contribution in [0.3, 0.4) is 0 Å². The van der Waals surface area contributed by atoms with Crippen LogP contribution in [0.25, 0.3) is 0 Å². The Kier molecular flexibility index (Phi) is 4.80. The van der Waals surface area contributed by atoms with Gasteiger partial charge in [0, 0.05) is 10.0 Å². The van der Waals surface area contributed by atoms with Crippen LogP contribution in [0.2, 0.25) is 0 Å². The number of nitrogens with one attached hydrogen (secondary N) is 1. The van der Waals surface area contributed by atoms with E-state index < -0.39 is 17.8 Å². The Balaban J connectivity index is 2.40. The minimum Gasteiger partial charge on any atom is -0.497 e. The number of aliphatic carboxylic acids is 1. The van der Waals surface area contributed by atoms with Crippen molar-refractivity contribution >= 4 is 27.6 Å². The molecule has 0 saturated heterocycles. The Morgan fingerprint density at radius 3 is 2.67 bits per heavy atom. The molecule has 110 valence electrons. The fraction of sp³-hybridized carbons (Fsp3) is 0.133. The predicted molar refractivity (Wildman–Crippen MR) is 81.1 cm³/mol. The monoisotopic (exact) mass is 353 g/mol. The molecule has 0 fully saturated rings. The number of rotatable bonds is 5. The molecule has 6 heteroatoms. The summed E-state index contributed by atoms with van der Waals surface area (Å²) in [6.45, 7) is 0. The van der Waals surface area contributed by atoms with Crippen LogP contribution >= 0.6 is 15.9 Å². The molecule has 2 aromatic carbocycles. The molecule has 0 amide bonds. The summed E-state index contributed by atoms with van der Waals surface area (Å²) in [6, 6.07) is 9.80. The fourth-order valence-corrected chi connectivity index (χ4v) is 2.35. The highest BCUT2D eigenvalue weighted by Gasteiger charge is 2.23. The van der Waals surface area contributed by atoms with Gasteiger partial charge >= 0.3 is 5.97 Å². The summed E-state index contributed by atoms with van der Waals surface area (Å²) in [5.41, 5.74) is 0.574. The normalized spacial score (nSPS) is 11.8. The summed E-state index contributed by atoms with van der Waals surface area (Å²) in [4.78, 5) is 11.5. The topological polar surface area (TPSA) is 58.6 Å². The van der Waals surface area contributed by atoms with Crippen LogP contribution in [0.1, 0.15) is 11.6 Å². The van der Waals surface area contributed by atoms with Crippen molar-refractivity contribution < 1.29 is 19.0 Å². The molecular formula is C15H13BrFNO3. The first-order chi connectivity index (χ1) is 10.0. The van der Waals surface area contributed by atoms with Gasteiger partial charge in [0.15, 0.2) is 6.04 Å². The third-order valence-electron chi connectivity index (χ3n) is 2.93. The van der Waals surface area contributed by atoms with E-state index in [1.54, 1.807) is 24.3 Å². The molecule has 2 rings (SSSR count). The highest BCUT2D eigenvalue weighted by atomic mass is 79.9. The smallest absolute Gasteiger partial charge is 0.330 e. The highest BCUT2D eigenvalue weighted by molar-refractivity contribution is 9.10. The highest BCUT2D eigenvalue weighted by Crippen LogP contribution is 2.30. The first kappa shape index (κ1) is 15.3. The van der Waals surface area contributed by atoms with Gasteiger partial charge in [-0.1, -0.05) is 28.1 Å². The number of ether oxygens (including phenoxy) is 1. The first-order valence-corrected chi connectivity index (χ1v) is 6.89. The van der Waals surface area contributed by atoms with Crippen LogP contribution in [0, 0.1) is 5.82 Å². The van der Waals surface area contributed by atoms with Gasteiger partial charge in [-0.15, -0.1) is 0 Å². The second kappa shape index (κ2) is 6.58. The average molecular weight is 354 g/mol. The Labute approximate surface area is 129 Å². The third kappa shape index (κ3) is 3.52. The van der Waals surface area contributed by atoms with E-state index in [1.165, 1.54) is 25.3 Å². The zero-order valence-corrected chi connectivity index (χ0v) is 12.7.